The highest BCUT2D eigenvalue weighted by Crippen LogP contribution is 2.19. The van der Waals surface area contributed by atoms with Crippen LogP contribution in [0.5, 0.6) is 0 Å². The van der Waals surface area contributed by atoms with E-state index in [4.69, 9.17) is 0 Å². The highest BCUT2D eigenvalue weighted by molar-refractivity contribution is 7.91. The first-order valence-electron chi connectivity index (χ1n) is 5.85. The van der Waals surface area contributed by atoms with Crippen molar-refractivity contribution in [3.63, 3.8) is 0 Å². The third-order valence-corrected chi connectivity index (χ3v) is 4.79. The van der Waals surface area contributed by atoms with Crippen molar-refractivity contribution < 1.29 is 22.7 Å². The van der Waals surface area contributed by atoms with E-state index in [9.17, 15) is 18.0 Å². The molecule has 0 spiro atoms. The Morgan fingerprint density at radius 3 is 2.33 bits per heavy atom. The molecule has 1 aliphatic heterocycles. The van der Waals surface area contributed by atoms with E-state index in [1.807, 2.05) is 0 Å². The summed E-state index contributed by atoms with van der Waals surface area (Å²) in [7, 11) is -1.85. The van der Waals surface area contributed by atoms with Crippen molar-refractivity contribution in [3.8, 4) is 0 Å². The van der Waals surface area contributed by atoms with E-state index >= 15 is 0 Å². The summed E-state index contributed by atoms with van der Waals surface area (Å²) in [6.07, 6.45) is 0.320. The topological polar surface area (TPSA) is 89.5 Å². The average Bonchev–Trinajstić information content (AvgIpc) is 2.64. The van der Waals surface area contributed by atoms with Crippen molar-refractivity contribution in [1.29, 1.82) is 0 Å². The number of hydrogen-bond acceptors (Lipinski definition) is 5. The molecule has 1 rings (SSSR count). The average molecular weight is 277 g/mol. The quantitative estimate of drug-likeness (QED) is 0.715. The fraction of sp³-hybridized carbons (Fsp3) is 0.818. The second-order valence-electron chi connectivity index (χ2n) is 4.85. The van der Waals surface area contributed by atoms with Gasteiger partial charge in [-0.3, -0.25) is 4.79 Å². The van der Waals surface area contributed by atoms with Gasteiger partial charge in [-0.15, -0.1) is 0 Å². The number of carbonyl (C=O) groups is 2. The molecule has 7 heteroatoms. The Hall–Kier alpha value is -1.11. The summed E-state index contributed by atoms with van der Waals surface area (Å²) in [5, 5.41) is 2.57. The Labute approximate surface area is 107 Å². The van der Waals surface area contributed by atoms with Crippen molar-refractivity contribution in [1.82, 2.24) is 5.32 Å². The van der Waals surface area contributed by atoms with Crippen LogP contribution in [0.25, 0.3) is 0 Å². The molecule has 1 fully saturated rings. The monoisotopic (exact) mass is 277 g/mol. The van der Waals surface area contributed by atoms with E-state index in [1.54, 1.807) is 13.8 Å². The van der Waals surface area contributed by atoms with Crippen LogP contribution < -0.4 is 5.32 Å². The van der Waals surface area contributed by atoms with Gasteiger partial charge in [0.15, 0.2) is 9.84 Å². The highest BCUT2D eigenvalue weighted by atomic mass is 32.2. The maximum Gasteiger partial charge on any atom is 0.328 e. The molecule has 1 saturated heterocycles. The largest absolute Gasteiger partial charge is 0.467 e. The van der Waals surface area contributed by atoms with Gasteiger partial charge in [-0.2, -0.15) is 0 Å². The van der Waals surface area contributed by atoms with Gasteiger partial charge in [0, 0.05) is 0 Å². The van der Waals surface area contributed by atoms with Crippen LogP contribution in [0.4, 0.5) is 0 Å². The Morgan fingerprint density at radius 1 is 1.33 bits per heavy atom. The van der Waals surface area contributed by atoms with Crippen LogP contribution in [0.2, 0.25) is 0 Å². The maximum atomic E-state index is 11.9. The van der Waals surface area contributed by atoms with E-state index in [2.05, 4.69) is 10.1 Å². The second-order valence-corrected chi connectivity index (χ2v) is 7.08. The summed E-state index contributed by atoms with van der Waals surface area (Å²) in [6, 6.07) is -0.731. The van der Waals surface area contributed by atoms with Crippen molar-refractivity contribution in [2.24, 2.45) is 11.8 Å². The Morgan fingerprint density at radius 2 is 1.94 bits per heavy atom. The zero-order valence-electron chi connectivity index (χ0n) is 10.8. The predicted molar refractivity (Wildman–Crippen MR) is 65.5 cm³/mol. The van der Waals surface area contributed by atoms with Crippen LogP contribution in [0.3, 0.4) is 0 Å². The maximum absolute atomic E-state index is 11.9. The van der Waals surface area contributed by atoms with Crippen LogP contribution in [-0.4, -0.2) is 45.0 Å². The fourth-order valence-electron chi connectivity index (χ4n) is 1.90. The fourth-order valence-corrected chi connectivity index (χ4v) is 3.64. The lowest BCUT2D eigenvalue weighted by molar-refractivity contribution is -0.146. The molecule has 0 aromatic heterocycles. The van der Waals surface area contributed by atoms with Gasteiger partial charge < -0.3 is 10.1 Å². The SMILES string of the molecule is COC(=O)C(NC(=O)C1CCS(=O)(=O)C1)C(C)C. The van der Waals surface area contributed by atoms with Gasteiger partial charge in [-0.05, 0) is 12.3 Å². The first-order chi connectivity index (χ1) is 8.26. The van der Waals surface area contributed by atoms with Gasteiger partial charge in [0.2, 0.25) is 5.91 Å². The smallest absolute Gasteiger partial charge is 0.328 e. The van der Waals surface area contributed by atoms with Gasteiger partial charge in [-0.25, -0.2) is 13.2 Å². The number of rotatable bonds is 4. The Balaban J connectivity index is 2.65. The molecule has 1 amide bonds. The molecular formula is C11H19NO5S. The molecule has 1 heterocycles. The summed E-state index contributed by atoms with van der Waals surface area (Å²) in [5.74, 6) is -1.67. The first-order valence-corrected chi connectivity index (χ1v) is 7.67. The number of methoxy groups -OCH3 is 1. The molecule has 0 saturated carbocycles. The molecule has 1 N–H and O–H groups in total. The number of ether oxygens (including phenoxy) is 1. The van der Waals surface area contributed by atoms with E-state index in [0.717, 1.165) is 0 Å². The molecule has 6 nitrogen and oxygen atoms in total. The van der Waals surface area contributed by atoms with Crippen molar-refractivity contribution in [2.45, 2.75) is 26.3 Å². The van der Waals surface area contributed by atoms with E-state index in [0.29, 0.717) is 6.42 Å². The van der Waals surface area contributed by atoms with Gasteiger partial charge in [-0.1, -0.05) is 13.8 Å². The van der Waals surface area contributed by atoms with E-state index in [1.165, 1.54) is 7.11 Å². The number of hydrogen-bond donors (Lipinski definition) is 1. The lowest BCUT2D eigenvalue weighted by Gasteiger charge is -2.21. The minimum atomic E-state index is -3.10. The zero-order valence-corrected chi connectivity index (χ0v) is 11.6. The minimum absolute atomic E-state index is 0.0374. The number of sulfone groups is 1. The van der Waals surface area contributed by atoms with Crippen LogP contribution in [0, 0.1) is 11.8 Å². The summed E-state index contributed by atoms with van der Waals surface area (Å²) in [4.78, 5) is 23.4. The van der Waals surface area contributed by atoms with Gasteiger partial charge in [0.1, 0.15) is 6.04 Å². The third-order valence-electron chi connectivity index (χ3n) is 3.02. The van der Waals surface area contributed by atoms with Gasteiger partial charge in [0.05, 0.1) is 24.5 Å². The minimum Gasteiger partial charge on any atom is -0.467 e. The number of carbonyl (C=O) groups excluding carboxylic acids is 2. The molecule has 0 aliphatic carbocycles. The highest BCUT2D eigenvalue weighted by Gasteiger charge is 2.35. The number of amides is 1. The standard InChI is InChI=1S/C11H19NO5S/c1-7(2)9(11(14)17-3)12-10(13)8-4-5-18(15,16)6-8/h7-9H,4-6H2,1-3H3,(H,12,13). The summed E-state index contributed by atoms with van der Waals surface area (Å²) >= 11 is 0. The van der Waals surface area contributed by atoms with Crippen LogP contribution in [-0.2, 0) is 24.2 Å². The normalized spacial score (nSPS) is 23.7. The molecular weight excluding hydrogens is 258 g/mol. The zero-order chi connectivity index (χ0) is 13.9. The molecule has 0 aromatic carbocycles. The molecule has 0 aromatic rings. The summed E-state index contributed by atoms with van der Waals surface area (Å²) in [6.45, 7) is 3.57. The third kappa shape index (κ3) is 3.69. The molecule has 2 atom stereocenters. The van der Waals surface area contributed by atoms with E-state index < -0.39 is 27.8 Å². The molecule has 1 aliphatic rings. The van der Waals surface area contributed by atoms with Crippen molar-refractivity contribution >= 4 is 21.7 Å². The summed E-state index contributed by atoms with van der Waals surface area (Å²) < 4.78 is 27.2. The van der Waals surface area contributed by atoms with Crippen LogP contribution >= 0.6 is 0 Å². The van der Waals surface area contributed by atoms with Crippen molar-refractivity contribution in [2.75, 3.05) is 18.6 Å². The predicted octanol–water partition coefficient (Wildman–Crippen LogP) is -0.265. The molecule has 104 valence electrons. The lowest BCUT2D eigenvalue weighted by atomic mass is 10.0. The van der Waals surface area contributed by atoms with Crippen LogP contribution in [0.15, 0.2) is 0 Å². The second kappa shape index (κ2) is 5.69. The van der Waals surface area contributed by atoms with Gasteiger partial charge in [0.25, 0.3) is 0 Å². The molecule has 0 radical (unpaired) electrons. The van der Waals surface area contributed by atoms with Gasteiger partial charge >= 0.3 is 5.97 Å². The first kappa shape index (κ1) is 14.9. The molecule has 2 unspecified atom stereocenters. The Bertz CT molecular complexity index is 429. The number of esters is 1. The lowest BCUT2D eigenvalue weighted by Crippen LogP contribution is -2.47. The van der Waals surface area contributed by atoms with E-state index in [-0.39, 0.29) is 23.3 Å². The summed E-state index contributed by atoms with van der Waals surface area (Å²) in [5.41, 5.74) is 0. The molecule has 0 bridgehead atoms. The molecule has 18 heavy (non-hydrogen) atoms. The number of nitrogens with one attached hydrogen (secondary N) is 1. The Kier molecular flexibility index (Phi) is 4.72. The van der Waals surface area contributed by atoms with Crippen molar-refractivity contribution in [3.05, 3.63) is 0 Å². The van der Waals surface area contributed by atoms with Crippen LogP contribution in [0.1, 0.15) is 20.3 Å².